The van der Waals surface area contributed by atoms with Gasteiger partial charge in [0.05, 0.1) is 18.8 Å². The molecular formula is C21H42O4Si2. The second-order valence-electron chi connectivity index (χ2n) is 10.7. The van der Waals surface area contributed by atoms with Crippen molar-refractivity contribution in [3.05, 3.63) is 0 Å². The SMILES string of the molecule is C#CC[C@H](O[Si](C)(C)C(C)(C)C)[C@@H]1O[C@H](C)OC[C@H]1O[Si](C)(C)C(C)(C)C. The summed E-state index contributed by atoms with van der Waals surface area (Å²) in [6.07, 6.45) is 5.38. The average molecular weight is 415 g/mol. The topological polar surface area (TPSA) is 36.9 Å². The van der Waals surface area contributed by atoms with Gasteiger partial charge in [0.25, 0.3) is 0 Å². The van der Waals surface area contributed by atoms with Gasteiger partial charge in [0.2, 0.25) is 0 Å². The van der Waals surface area contributed by atoms with Gasteiger partial charge in [-0.2, -0.15) is 0 Å². The molecule has 1 rings (SSSR count). The van der Waals surface area contributed by atoms with E-state index in [1.165, 1.54) is 0 Å². The lowest BCUT2D eigenvalue weighted by molar-refractivity contribution is -0.258. The molecule has 6 heteroatoms. The third-order valence-corrected chi connectivity index (χ3v) is 15.4. The fourth-order valence-corrected chi connectivity index (χ4v) is 5.19. The van der Waals surface area contributed by atoms with Crippen LogP contribution in [-0.4, -0.2) is 47.8 Å². The van der Waals surface area contributed by atoms with Gasteiger partial charge in [-0.05, 0) is 43.2 Å². The minimum absolute atomic E-state index is 0.104. The molecular weight excluding hydrogens is 372 g/mol. The van der Waals surface area contributed by atoms with Crippen LogP contribution in [0.4, 0.5) is 0 Å². The van der Waals surface area contributed by atoms with Gasteiger partial charge < -0.3 is 18.3 Å². The summed E-state index contributed by atoms with van der Waals surface area (Å²) < 4.78 is 25.4. The van der Waals surface area contributed by atoms with Crippen LogP contribution in [0, 0.1) is 12.3 Å². The molecule has 0 aromatic heterocycles. The maximum absolute atomic E-state index is 6.71. The summed E-state index contributed by atoms with van der Waals surface area (Å²) >= 11 is 0. The van der Waals surface area contributed by atoms with Gasteiger partial charge >= 0.3 is 0 Å². The van der Waals surface area contributed by atoms with Crippen molar-refractivity contribution in [2.75, 3.05) is 6.61 Å². The minimum atomic E-state index is -2.00. The summed E-state index contributed by atoms with van der Waals surface area (Å²) in [7, 11) is -3.97. The molecule has 0 aromatic carbocycles. The molecule has 0 saturated carbocycles. The van der Waals surface area contributed by atoms with Crippen LogP contribution in [0.15, 0.2) is 0 Å². The Labute approximate surface area is 169 Å². The summed E-state index contributed by atoms with van der Waals surface area (Å²) in [6.45, 7) is 24.9. The Morgan fingerprint density at radius 1 is 1.04 bits per heavy atom. The molecule has 0 N–H and O–H groups in total. The maximum Gasteiger partial charge on any atom is 0.192 e. The molecule has 0 spiro atoms. The van der Waals surface area contributed by atoms with Crippen molar-refractivity contribution in [1.29, 1.82) is 0 Å². The highest BCUT2D eigenvalue weighted by Gasteiger charge is 2.47. The van der Waals surface area contributed by atoms with Crippen LogP contribution >= 0.6 is 0 Å². The predicted octanol–water partition coefficient (Wildman–Crippen LogP) is 5.55. The molecule has 0 amide bonds. The minimum Gasteiger partial charge on any atom is -0.410 e. The van der Waals surface area contributed by atoms with Crippen molar-refractivity contribution in [2.24, 2.45) is 0 Å². The number of hydrogen-bond acceptors (Lipinski definition) is 4. The van der Waals surface area contributed by atoms with E-state index < -0.39 is 16.6 Å². The quantitative estimate of drug-likeness (QED) is 0.422. The second kappa shape index (κ2) is 8.68. The van der Waals surface area contributed by atoms with E-state index in [0.717, 1.165) is 0 Å². The van der Waals surface area contributed by atoms with Crippen LogP contribution < -0.4 is 0 Å². The Balaban J connectivity index is 3.13. The van der Waals surface area contributed by atoms with Crippen LogP contribution in [0.1, 0.15) is 54.9 Å². The molecule has 0 aliphatic carbocycles. The fraction of sp³-hybridized carbons (Fsp3) is 0.905. The largest absolute Gasteiger partial charge is 0.410 e. The van der Waals surface area contributed by atoms with E-state index in [-0.39, 0.29) is 34.7 Å². The predicted molar refractivity (Wildman–Crippen MR) is 118 cm³/mol. The van der Waals surface area contributed by atoms with Crippen molar-refractivity contribution in [3.63, 3.8) is 0 Å². The van der Waals surface area contributed by atoms with E-state index in [0.29, 0.717) is 13.0 Å². The van der Waals surface area contributed by atoms with Crippen molar-refractivity contribution in [3.8, 4) is 12.3 Å². The van der Waals surface area contributed by atoms with E-state index in [2.05, 4.69) is 73.7 Å². The molecule has 1 saturated heterocycles. The van der Waals surface area contributed by atoms with Crippen molar-refractivity contribution in [2.45, 2.75) is 116 Å². The lowest BCUT2D eigenvalue weighted by Gasteiger charge is -2.47. The Hall–Kier alpha value is -0.166. The zero-order chi connectivity index (χ0) is 21.3. The Kier molecular flexibility index (Phi) is 8.00. The van der Waals surface area contributed by atoms with E-state index >= 15 is 0 Å². The van der Waals surface area contributed by atoms with Gasteiger partial charge in [-0.3, -0.25) is 0 Å². The van der Waals surface area contributed by atoms with Gasteiger partial charge in [-0.1, -0.05) is 41.5 Å². The molecule has 158 valence electrons. The monoisotopic (exact) mass is 414 g/mol. The lowest BCUT2D eigenvalue weighted by Crippen LogP contribution is -2.58. The van der Waals surface area contributed by atoms with E-state index in [1.54, 1.807) is 0 Å². The molecule has 1 aliphatic heterocycles. The molecule has 1 fully saturated rings. The second-order valence-corrected chi connectivity index (χ2v) is 20.3. The van der Waals surface area contributed by atoms with Gasteiger partial charge in [-0.15, -0.1) is 12.3 Å². The molecule has 4 atom stereocenters. The summed E-state index contributed by atoms with van der Waals surface area (Å²) in [5.41, 5.74) is 0. The standard InChI is InChI=1S/C21H42O4Si2/c1-13-14-17(24-26(9,10)20(3,4)5)19-18(15-22-16(2)23-19)25-27(11,12)21(6,7)8/h1,16-19H,14-15H2,2-12H3/t16-,17+,18-,19+/m1/s1. The highest BCUT2D eigenvalue weighted by atomic mass is 28.4. The van der Waals surface area contributed by atoms with Crippen molar-refractivity contribution < 1.29 is 18.3 Å². The summed E-state index contributed by atoms with van der Waals surface area (Å²) in [4.78, 5) is 0. The van der Waals surface area contributed by atoms with Crippen LogP contribution in [0.3, 0.4) is 0 Å². The molecule has 1 heterocycles. The zero-order valence-electron chi connectivity index (χ0n) is 19.4. The molecule has 0 unspecified atom stereocenters. The lowest BCUT2D eigenvalue weighted by atomic mass is 10.1. The third kappa shape index (κ3) is 6.41. The van der Waals surface area contributed by atoms with E-state index in [1.807, 2.05) is 6.92 Å². The van der Waals surface area contributed by atoms with Gasteiger partial charge in [0.1, 0.15) is 6.10 Å². The first-order valence-electron chi connectivity index (χ1n) is 10.1. The highest BCUT2D eigenvalue weighted by Crippen LogP contribution is 2.41. The molecule has 1 aliphatic rings. The number of ether oxygens (including phenoxy) is 2. The molecule has 0 aromatic rings. The van der Waals surface area contributed by atoms with Crippen LogP contribution in [0.25, 0.3) is 0 Å². The summed E-state index contributed by atoms with van der Waals surface area (Å²) in [5.74, 6) is 2.80. The Morgan fingerprint density at radius 2 is 1.56 bits per heavy atom. The number of hydrogen-bond donors (Lipinski definition) is 0. The van der Waals surface area contributed by atoms with E-state index in [9.17, 15) is 0 Å². The Bertz CT molecular complexity index is 526. The van der Waals surface area contributed by atoms with Crippen LogP contribution in [-0.2, 0) is 18.3 Å². The van der Waals surface area contributed by atoms with Gasteiger partial charge in [0.15, 0.2) is 22.9 Å². The van der Waals surface area contributed by atoms with Crippen molar-refractivity contribution >= 4 is 16.6 Å². The molecule has 0 bridgehead atoms. The first-order chi connectivity index (χ1) is 12.0. The number of rotatable bonds is 6. The zero-order valence-corrected chi connectivity index (χ0v) is 21.4. The fourth-order valence-electron chi connectivity index (χ4n) is 2.55. The third-order valence-electron chi connectivity index (χ3n) is 6.40. The van der Waals surface area contributed by atoms with Crippen LogP contribution in [0.5, 0.6) is 0 Å². The molecule has 27 heavy (non-hydrogen) atoms. The average Bonchev–Trinajstić information content (AvgIpc) is 2.46. The first kappa shape index (κ1) is 24.9. The summed E-state index contributed by atoms with van der Waals surface area (Å²) in [6, 6.07) is 0. The highest BCUT2D eigenvalue weighted by molar-refractivity contribution is 6.74. The number of terminal acetylenes is 1. The van der Waals surface area contributed by atoms with Gasteiger partial charge in [-0.25, -0.2) is 0 Å². The summed E-state index contributed by atoms with van der Waals surface area (Å²) in [5, 5.41) is 0.217. The van der Waals surface area contributed by atoms with Gasteiger partial charge in [0, 0.05) is 6.42 Å². The smallest absolute Gasteiger partial charge is 0.192 e. The van der Waals surface area contributed by atoms with Crippen molar-refractivity contribution in [1.82, 2.24) is 0 Å². The Morgan fingerprint density at radius 3 is 2.00 bits per heavy atom. The maximum atomic E-state index is 6.71. The first-order valence-corrected chi connectivity index (χ1v) is 15.9. The van der Waals surface area contributed by atoms with E-state index in [4.69, 9.17) is 24.7 Å². The normalized spacial score (nSPS) is 26.5. The molecule has 0 radical (unpaired) electrons. The van der Waals surface area contributed by atoms with Crippen LogP contribution in [0.2, 0.25) is 36.3 Å². The molecule has 4 nitrogen and oxygen atoms in total.